The SMILES string of the molecule is C[C@H]1CCCN(S(=O)(=O)N2CCCC[C@@H]2c2nc3ccccc3s2)C1. The summed E-state index contributed by atoms with van der Waals surface area (Å²) in [5.41, 5.74) is 0.969. The zero-order chi connectivity index (χ0) is 17.4. The van der Waals surface area contributed by atoms with Gasteiger partial charge in [0.15, 0.2) is 0 Å². The number of thiazole rings is 1. The smallest absolute Gasteiger partial charge is 0.239 e. The number of rotatable bonds is 3. The Morgan fingerprint density at radius 2 is 1.96 bits per heavy atom. The summed E-state index contributed by atoms with van der Waals surface area (Å²) in [6.45, 7) is 4.04. The molecule has 0 unspecified atom stereocenters. The molecule has 0 aliphatic carbocycles. The van der Waals surface area contributed by atoms with Crippen LogP contribution in [0.2, 0.25) is 0 Å². The van der Waals surface area contributed by atoms with E-state index in [2.05, 4.69) is 13.0 Å². The highest BCUT2D eigenvalue weighted by Gasteiger charge is 2.39. The molecular weight excluding hydrogens is 354 g/mol. The van der Waals surface area contributed by atoms with Gasteiger partial charge in [0, 0.05) is 19.6 Å². The molecule has 5 nitrogen and oxygen atoms in total. The fourth-order valence-corrected chi connectivity index (χ4v) is 7.13. The van der Waals surface area contributed by atoms with E-state index in [9.17, 15) is 8.42 Å². The second kappa shape index (κ2) is 6.95. The highest BCUT2D eigenvalue weighted by molar-refractivity contribution is 7.86. The van der Waals surface area contributed by atoms with Crippen LogP contribution in [0.25, 0.3) is 10.2 Å². The van der Waals surface area contributed by atoms with E-state index < -0.39 is 10.2 Å². The van der Waals surface area contributed by atoms with E-state index >= 15 is 0 Å². The van der Waals surface area contributed by atoms with Gasteiger partial charge in [-0.25, -0.2) is 4.98 Å². The molecule has 2 aliphatic rings. The molecule has 2 atom stereocenters. The summed E-state index contributed by atoms with van der Waals surface area (Å²) >= 11 is 1.64. The van der Waals surface area contributed by atoms with Crippen LogP contribution >= 0.6 is 11.3 Å². The number of piperidine rings is 2. The van der Waals surface area contributed by atoms with E-state index in [1.54, 1.807) is 19.9 Å². The molecule has 1 aromatic carbocycles. The Morgan fingerprint density at radius 1 is 1.12 bits per heavy atom. The van der Waals surface area contributed by atoms with E-state index in [1.807, 2.05) is 18.2 Å². The summed E-state index contributed by atoms with van der Waals surface area (Å²) in [4.78, 5) is 4.75. The van der Waals surface area contributed by atoms with Crippen LogP contribution in [0.15, 0.2) is 24.3 Å². The second-order valence-electron chi connectivity index (χ2n) is 7.26. The minimum absolute atomic E-state index is 0.117. The van der Waals surface area contributed by atoms with Crippen molar-refractivity contribution in [1.29, 1.82) is 0 Å². The van der Waals surface area contributed by atoms with Gasteiger partial charge in [-0.2, -0.15) is 17.0 Å². The van der Waals surface area contributed by atoms with Crippen molar-refractivity contribution in [3.63, 3.8) is 0 Å². The Bertz CT molecular complexity index is 816. The average molecular weight is 380 g/mol. The normalized spacial score (nSPS) is 26.9. The van der Waals surface area contributed by atoms with Gasteiger partial charge in [0.05, 0.1) is 16.3 Å². The molecule has 0 N–H and O–H groups in total. The Morgan fingerprint density at radius 3 is 2.76 bits per heavy atom. The fourth-order valence-electron chi connectivity index (χ4n) is 3.96. The van der Waals surface area contributed by atoms with Crippen molar-refractivity contribution in [1.82, 2.24) is 13.6 Å². The topological polar surface area (TPSA) is 53.5 Å². The molecule has 4 rings (SSSR count). The predicted molar refractivity (Wildman–Crippen MR) is 102 cm³/mol. The maximum Gasteiger partial charge on any atom is 0.282 e. The van der Waals surface area contributed by atoms with Crippen LogP contribution in [0.1, 0.15) is 50.1 Å². The summed E-state index contributed by atoms with van der Waals surface area (Å²) in [5, 5.41) is 0.939. The third kappa shape index (κ3) is 3.35. The molecule has 2 aromatic rings. The summed E-state index contributed by atoms with van der Waals surface area (Å²) in [7, 11) is -3.42. The van der Waals surface area contributed by atoms with Crippen molar-refractivity contribution >= 4 is 31.8 Å². The molecule has 136 valence electrons. The summed E-state index contributed by atoms with van der Waals surface area (Å²) in [6, 6.07) is 7.94. The van der Waals surface area contributed by atoms with Crippen molar-refractivity contribution < 1.29 is 8.42 Å². The monoisotopic (exact) mass is 379 g/mol. The Balaban J connectivity index is 1.66. The number of hydrogen-bond donors (Lipinski definition) is 0. The Hall–Kier alpha value is -1.02. The molecule has 0 saturated carbocycles. The van der Waals surface area contributed by atoms with Gasteiger partial charge in [-0.1, -0.05) is 25.5 Å². The lowest BCUT2D eigenvalue weighted by molar-refractivity contribution is 0.211. The Labute approximate surface area is 153 Å². The van der Waals surface area contributed by atoms with Crippen molar-refractivity contribution in [2.75, 3.05) is 19.6 Å². The zero-order valence-corrected chi connectivity index (χ0v) is 16.2. The molecule has 7 heteroatoms. The lowest BCUT2D eigenvalue weighted by atomic mass is 10.0. The van der Waals surface area contributed by atoms with E-state index in [0.717, 1.165) is 47.3 Å². The third-order valence-corrected chi connectivity index (χ3v) is 8.44. The van der Waals surface area contributed by atoms with Crippen LogP contribution in [0.4, 0.5) is 0 Å². The molecule has 2 saturated heterocycles. The first-order valence-corrected chi connectivity index (χ1v) is 11.4. The van der Waals surface area contributed by atoms with Crippen LogP contribution < -0.4 is 0 Å². The van der Waals surface area contributed by atoms with Gasteiger partial charge >= 0.3 is 0 Å². The Kier molecular flexibility index (Phi) is 4.83. The largest absolute Gasteiger partial charge is 0.282 e. The van der Waals surface area contributed by atoms with Crippen molar-refractivity contribution in [2.24, 2.45) is 5.92 Å². The number of aromatic nitrogens is 1. The van der Waals surface area contributed by atoms with E-state index in [4.69, 9.17) is 4.98 Å². The minimum Gasteiger partial charge on any atom is -0.239 e. The molecule has 3 heterocycles. The number of nitrogens with zero attached hydrogens (tertiary/aromatic N) is 3. The molecule has 0 radical (unpaired) electrons. The van der Waals surface area contributed by atoms with Gasteiger partial charge < -0.3 is 0 Å². The predicted octanol–water partition coefficient (Wildman–Crippen LogP) is 3.80. The summed E-state index contributed by atoms with van der Waals surface area (Å²) in [6.07, 6.45) is 4.93. The van der Waals surface area contributed by atoms with Crippen LogP contribution in [-0.4, -0.2) is 41.6 Å². The minimum atomic E-state index is -3.42. The molecule has 0 spiro atoms. The zero-order valence-electron chi connectivity index (χ0n) is 14.6. The van der Waals surface area contributed by atoms with Crippen molar-refractivity contribution in [3.8, 4) is 0 Å². The molecule has 1 aromatic heterocycles. The van der Waals surface area contributed by atoms with E-state index in [0.29, 0.717) is 25.6 Å². The first-order chi connectivity index (χ1) is 12.1. The standard InChI is InChI=1S/C18H25N3O2S2/c1-14-7-6-11-20(13-14)25(22,23)21-12-5-4-9-16(21)18-19-15-8-2-3-10-17(15)24-18/h2-3,8,10,14,16H,4-7,9,11-13H2,1H3/t14-,16+/m0/s1. The molecule has 2 aliphatic heterocycles. The number of para-hydroxylation sites is 1. The molecule has 2 fully saturated rings. The first kappa shape index (κ1) is 17.4. The molecule has 0 amide bonds. The van der Waals surface area contributed by atoms with Gasteiger partial charge in [0.2, 0.25) is 0 Å². The van der Waals surface area contributed by atoms with Gasteiger partial charge in [0.25, 0.3) is 10.2 Å². The van der Waals surface area contributed by atoms with Crippen LogP contribution in [-0.2, 0) is 10.2 Å². The highest BCUT2D eigenvalue weighted by Crippen LogP contribution is 2.38. The summed E-state index contributed by atoms with van der Waals surface area (Å²) < 4.78 is 31.2. The lowest BCUT2D eigenvalue weighted by Gasteiger charge is -2.39. The van der Waals surface area contributed by atoms with Gasteiger partial charge in [-0.3, -0.25) is 0 Å². The van der Waals surface area contributed by atoms with Crippen LogP contribution in [0, 0.1) is 5.92 Å². The summed E-state index contributed by atoms with van der Waals surface area (Å²) in [5.74, 6) is 0.439. The van der Waals surface area contributed by atoms with Crippen LogP contribution in [0.3, 0.4) is 0 Å². The van der Waals surface area contributed by atoms with Crippen LogP contribution in [0.5, 0.6) is 0 Å². The third-order valence-electron chi connectivity index (χ3n) is 5.29. The molecule has 25 heavy (non-hydrogen) atoms. The second-order valence-corrected chi connectivity index (χ2v) is 10.2. The number of fused-ring (bicyclic) bond motifs is 1. The maximum atomic E-state index is 13.3. The van der Waals surface area contributed by atoms with E-state index in [-0.39, 0.29) is 6.04 Å². The number of benzene rings is 1. The van der Waals surface area contributed by atoms with Gasteiger partial charge in [-0.15, -0.1) is 11.3 Å². The molecule has 0 bridgehead atoms. The van der Waals surface area contributed by atoms with Crippen molar-refractivity contribution in [2.45, 2.75) is 45.1 Å². The van der Waals surface area contributed by atoms with Crippen molar-refractivity contribution in [3.05, 3.63) is 29.3 Å². The lowest BCUT2D eigenvalue weighted by Crippen LogP contribution is -2.50. The fraction of sp³-hybridized carbons (Fsp3) is 0.611. The number of hydrogen-bond acceptors (Lipinski definition) is 4. The first-order valence-electron chi connectivity index (χ1n) is 9.18. The molecular formula is C18H25N3O2S2. The quantitative estimate of drug-likeness (QED) is 0.815. The van der Waals surface area contributed by atoms with E-state index in [1.165, 1.54) is 0 Å². The van der Waals surface area contributed by atoms with Gasteiger partial charge in [0.1, 0.15) is 5.01 Å². The van der Waals surface area contributed by atoms with Gasteiger partial charge in [-0.05, 0) is 43.7 Å². The average Bonchev–Trinajstić information content (AvgIpc) is 3.06. The highest BCUT2D eigenvalue weighted by atomic mass is 32.2. The maximum absolute atomic E-state index is 13.3.